The first kappa shape index (κ1) is 15.6. The lowest BCUT2D eigenvalue weighted by Gasteiger charge is -2.12. The van der Waals surface area contributed by atoms with Crippen molar-refractivity contribution in [1.29, 1.82) is 0 Å². The topological polar surface area (TPSA) is 12.0 Å². The Bertz CT molecular complexity index is 359. The van der Waals surface area contributed by atoms with E-state index in [2.05, 4.69) is 38.4 Å². The lowest BCUT2D eigenvalue weighted by molar-refractivity contribution is 0.145. The highest BCUT2D eigenvalue weighted by Crippen LogP contribution is 2.31. The molecule has 0 bridgehead atoms. The zero-order valence-corrected chi connectivity index (χ0v) is 12.4. The van der Waals surface area contributed by atoms with Crippen LogP contribution in [0.1, 0.15) is 49.6 Å². The maximum atomic E-state index is 12.1. The van der Waals surface area contributed by atoms with Crippen molar-refractivity contribution in [1.82, 2.24) is 5.32 Å². The lowest BCUT2D eigenvalue weighted by atomic mass is 9.96. The van der Waals surface area contributed by atoms with Gasteiger partial charge in [-0.05, 0) is 34.8 Å². The van der Waals surface area contributed by atoms with E-state index in [-0.39, 0.29) is 6.54 Å². The largest absolute Gasteiger partial charge is 0.307 e. The quantitative estimate of drug-likeness (QED) is 0.776. The van der Waals surface area contributed by atoms with Crippen molar-refractivity contribution in [2.24, 2.45) is 5.92 Å². The normalized spacial score (nSPS) is 12.1. The minimum absolute atomic E-state index is 0.228. The smallest absolute Gasteiger partial charge is 0.250 e. The first-order chi connectivity index (χ1) is 8.41. The van der Waals surface area contributed by atoms with Crippen LogP contribution < -0.4 is 5.32 Å². The Morgan fingerprint density at radius 1 is 1.22 bits per heavy atom. The van der Waals surface area contributed by atoms with Gasteiger partial charge in [0.05, 0.1) is 6.54 Å². The van der Waals surface area contributed by atoms with Gasteiger partial charge in [0.25, 0.3) is 6.43 Å². The Hall–Kier alpha value is -0.480. The van der Waals surface area contributed by atoms with Crippen molar-refractivity contribution >= 4 is 11.3 Å². The molecule has 1 N–H and O–H groups in total. The summed E-state index contributed by atoms with van der Waals surface area (Å²) >= 11 is 1.76. The average Bonchev–Trinajstić information content (AvgIpc) is 2.60. The molecule has 0 fully saturated rings. The van der Waals surface area contributed by atoms with E-state index < -0.39 is 6.43 Å². The predicted octanol–water partition coefficient (Wildman–Crippen LogP) is 4.42. The highest BCUT2D eigenvalue weighted by atomic mass is 32.1. The SMILES string of the molecule is CC(C)Cc1c(CNCC(F)F)csc1C(C)C. The van der Waals surface area contributed by atoms with Crippen LogP contribution in [0.5, 0.6) is 0 Å². The third-order valence-electron chi connectivity index (χ3n) is 2.76. The number of hydrogen-bond acceptors (Lipinski definition) is 2. The van der Waals surface area contributed by atoms with E-state index in [0.29, 0.717) is 18.4 Å². The lowest BCUT2D eigenvalue weighted by Crippen LogP contribution is -2.21. The monoisotopic (exact) mass is 275 g/mol. The van der Waals surface area contributed by atoms with Gasteiger partial charge in [0.1, 0.15) is 0 Å². The van der Waals surface area contributed by atoms with Crippen LogP contribution in [-0.4, -0.2) is 13.0 Å². The molecule has 0 amide bonds. The maximum Gasteiger partial charge on any atom is 0.250 e. The van der Waals surface area contributed by atoms with Gasteiger partial charge in [-0.1, -0.05) is 27.7 Å². The molecule has 0 atom stereocenters. The Morgan fingerprint density at radius 3 is 2.39 bits per heavy atom. The molecule has 1 aromatic rings. The molecule has 0 aliphatic heterocycles. The molecule has 0 aliphatic rings. The van der Waals surface area contributed by atoms with Crippen molar-refractivity contribution in [3.63, 3.8) is 0 Å². The molecule has 0 saturated heterocycles. The number of rotatable bonds is 7. The number of thiophene rings is 1. The minimum Gasteiger partial charge on any atom is -0.307 e. The molecule has 1 aromatic heterocycles. The van der Waals surface area contributed by atoms with Crippen LogP contribution in [0.4, 0.5) is 8.78 Å². The zero-order valence-electron chi connectivity index (χ0n) is 11.6. The van der Waals surface area contributed by atoms with E-state index in [1.165, 1.54) is 16.0 Å². The van der Waals surface area contributed by atoms with Gasteiger partial charge in [0, 0.05) is 11.4 Å². The van der Waals surface area contributed by atoms with E-state index in [4.69, 9.17) is 0 Å². The minimum atomic E-state index is -2.28. The third-order valence-corrected chi connectivity index (χ3v) is 4.14. The van der Waals surface area contributed by atoms with Crippen LogP contribution in [0.3, 0.4) is 0 Å². The van der Waals surface area contributed by atoms with E-state index in [1.54, 1.807) is 11.3 Å². The van der Waals surface area contributed by atoms with Crippen LogP contribution in [0.15, 0.2) is 5.38 Å². The van der Waals surface area contributed by atoms with Crippen LogP contribution in [0.25, 0.3) is 0 Å². The molecule has 0 saturated carbocycles. The molecule has 104 valence electrons. The van der Waals surface area contributed by atoms with Crippen LogP contribution in [-0.2, 0) is 13.0 Å². The first-order valence-electron chi connectivity index (χ1n) is 6.49. The van der Waals surface area contributed by atoms with Gasteiger partial charge in [-0.15, -0.1) is 11.3 Å². The molecule has 0 unspecified atom stereocenters. The molecule has 18 heavy (non-hydrogen) atoms. The van der Waals surface area contributed by atoms with E-state index in [0.717, 1.165) is 6.42 Å². The Labute approximate surface area is 113 Å². The fourth-order valence-corrected chi connectivity index (χ4v) is 3.15. The highest BCUT2D eigenvalue weighted by molar-refractivity contribution is 7.10. The molecular weight excluding hydrogens is 252 g/mol. The summed E-state index contributed by atoms with van der Waals surface area (Å²) in [6.45, 7) is 9.08. The van der Waals surface area contributed by atoms with E-state index in [1.807, 2.05) is 0 Å². The van der Waals surface area contributed by atoms with Crippen molar-refractivity contribution in [2.45, 2.75) is 53.0 Å². The van der Waals surface area contributed by atoms with Crippen molar-refractivity contribution in [3.05, 3.63) is 21.4 Å². The molecule has 0 aliphatic carbocycles. The number of halogens is 2. The molecular formula is C14H23F2NS. The average molecular weight is 275 g/mol. The fourth-order valence-electron chi connectivity index (χ4n) is 2.02. The molecule has 1 heterocycles. The van der Waals surface area contributed by atoms with Gasteiger partial charge in [0.15, 0.2) is 0 Å². The highest BCUT2D eigenvalue weighted by Gasteiger charge is 2.15. The Balaban J connectivity index is 2.76. The number of alkyl halides is 2. The van der Waals surface area contributed by atoms with E-state index in [9.17, 15) is 8.78 Å². The summed E-state index contributed by atoms with van der Waals surface area (Å²) in [6, 6.07) is 0. The summed E-state index contributed by atoms with van der Waals surface area (Å²) in [7, 11) is 0. The zero-order chi connectivity index (χ0) is 13.7. The van der Waals surface area contributed by atoms with Gasteiger partial charge in [-0.25, -0.2) is 8.78 Å². The standard InChI is InChI=1S/C14H23F2NS/c1-9(2)5-12-11(6-17-7-13(15)16)8-18-14(12)10(3)4/h8-10,13,17H,5-7H2,1-4H3. The number of hydrogen-bond donors (Lipinski definition) is 1. The van der Waals surface area contributed by atoms with Gasteiger partial charge >= 0.3 is 0 Å². The first-order valence-corrected chi connectivity index (χ1v) is 7.37. The summed E-state index contributed by atoms with van der Waals surface area (Å²) in [5, 5.41) is 4.94. The van der Waals surface area contributed by atoms with Crippen LogP contribution in [0.2, 0.25) is 0 Å². The van der Waals surface area contributed by atoms with Gasteiger partial charge < -0.3 is 5.32 Å². The second-order valence-electron chi connectivity index (χ2n) is 5.38. The third kappa shape index (κ3) is 4.65. The molecule has 1 nitrogen and oxygen atoms in total. The number of nitrogens with one attached hydrogen (secondary N) is 1. The predicted molar refractivity (Wildman–Crippen MR) is 74.7 cm³/mol. The van der Waals surface area contributed by atoms with E-state index >= 15 is 0 Å². The molecule has 0 aromatic carbocycles. The van der Waals surface area contributed by atoms with Crippen molar-refractivity contribution in [2.75, 3.05) is 6.54 Å². The van der Waals surface area contributed by atoms with Crippen molar-refractivity contribution in [3.8, 4) is 0 Å². The maximum absolute atomic E-state index is 12.1. The molecule has 0 radical (unpaired) electrons. The van der Waals surface area contributed by atoms with Gasteiger partial charge in [0.2, 0.25) is 0 Å². The fraction of sp³-hybridized carbons (Fsp3) is 0.714. The summed E-state index contributed by atoms with van der Waals surface area (Å²) < 4.78 is 24.2. The summed E-state index contributed by atoms with van der Waals surface area (Å²) in [5.41, 5.74) is 2.56. The second-order valence-corrected chi connectivity index (χ2v) is 6.29. The Kier molecular flexibility index (Phi) is 6.22. The second kappa shape index (κ2) is 7.19. The van der Waals surface area contributed by atoms with Gasteiger partial charge in [-0.3, -0.25) is 0 Å². The summed E-state index contributed by atoms with van der Waals surface area (Å²) in [4.78, 5) is 1.40. The van der Waals surface area contributed by atoms with Crippen molar-refractivity contribution < 1.29 is 8.78 Å². The molecule has 1 rings (SSSR count). The van der Waals surface area contributed by atoms with Gasteiger partial charge in [-0.2, -0.15) is 0 Å². The molecule has 4 heteroatoms. The summed E-state index contributed by atoms with van der Waals surface area (Å²) in [6.07, 6.45) is -1.25. The summed E-state index contributed by atoms with van der Waals surface area (Å²) in [5.74, 6) is 1.10. The molecule has 0 spiro atoms. The van der Waals surface area contributed by atoms with Crippen LogP contribution >= 0.6 is 11.3 Å². The van der Waals surface area contributed by atoms with Crippen LogP contribution in [0, 0.1) is 5.92 Å². The Morgan fingerprint density at radius 2 is 1.89 bits per heavy atom.